The molecular formula is C23H27NO3. The summed E-state index contributed by atoms with van der Waals surface area (Å²) in [5.74, 6) is 0.120. The fourth-order valence-electron chi connectivity index (χ4n) is 3.57. The van der Waals surface area contributed by atoms with Gasteiger partial charge in [0.2, 0.25) is 5.91 Å². The van der Waals surface area contributed by atoms with Crippen LogP contribution in [0, 0.1) is 12.8 Å². The third kappa shape index (κ3) is 4.21. The number of benzene rings is 2. The Morgan fingerprint density at radius 3 is 2.48 bits per heavy atom. The molecule has 2 aromatic rings. The van der Waals surface area contributed by atoms with Gasteiger partial charge in [-0.2, -0.15) is 0 Å². The molecule has 1 amide bonds. The maximum atomic E-state index is 12.7. The second kappa shape index (κ2) is 7.95. The average Bonchev–Trinajstić information content (AvgIpc) is 3.03. The molecule has 0 saturated carbocycles. The monoisotopic (exact) mass is 365 g/mol. The molecule has 0 bridgehead atoms. The summed E-state index contributed by atoms with van der Waals surface area (Å²) in [5, 5.41) is 0. The van der Waals surface area contributed by atoms with Crippen LogP contribution in [0.25, 0.3) is 0 Å². The van der Waals surface area contributed by atoms with E-state index in [1.165, 1.54) is 0 Å². The molecule has 142 valence electrons. The van der Waals surface area contributed by atoms with Crippen molar-refractivity contribution in [3.05, 3.63) is 65.2 Å². The Labute approximate surface area is 161 Å². The number of hydrogen-bond donors (Lipinski definition) is 0. The number of carbonyl (C=O) groups is 2. The van der Waals surface area contributed by atoms with Gasteiger partial charge in [-0.1, -0.05) is 56.3 Å². The Kier molecular flexibility index (Phi) is 5.64. The van der Waals surface area contributed by atoms with E-state index in [1.54, 1.807) is 4.90 Å². The molecule has 4 heteroatoms. The van der Waals surface area contributed by atoms with Crippen LogP contribution in [0.3, 0.4) is 0 Å². The van der Waals surface area contributed by atoms with E-state index < -0.39 is 5.92 Å². The molecule has 4 nitrogen and oxygen atoms in total. The van der Waals surface area contributed by atoms with Crippen molar-refractivity contribution in [1.82, 2.24) is 4.90 Å². The van der Waals surface area contributed by atoms with Crippen molar-refractivity contribution in [1.29, 1.82) is 0 Å². The summed E-state index contributed by atoms with van der Waals surface area (Å²) in [6.07, 6.45) is 0.207. The summed E-state index contributed by atoms with van der Waals surface area (Å²) in [5.41, 5.74) is 3.12. The van der Waals surface area contributed by atoms with E-state index in [0.29, 0.717) is 12.3 Å². The van der Waals surface area contributed by atoms with Crippen LogP contribution < -0.4 is 4.74 Å². The highest BCUT2D eigenvalue weighted by atomic mass is 16.5. The lowest BCUT2D eigenvalue weighted by molar-refractivity contribution is -0.139. The van der Waals surface area contributed by atoms with Gasteiger partial charge < -0.3 is 9.64 Å². The predicted molar refractivity (Wildman–Crippen MR) is 106 cm³/mol. The zero-order valence-electron chi connectivity index (χ0n) is 16.4. The topological polar surface area (TPSA) is 46.6 Å². The van der Waals surface area contributed by atoms with Crippen LogP contribution in [-0.4, -0.2) is 23.3 Å². The first-order chi connectivity index (χ1) is 12.9. The van der Waals surface area contributed by atoms with Crippen LogP contribution >= 0.6 is 0 Å². The minimum absolute atomic E-state index is 0.00151. The Morgan fingerprint density at radius 2 is 1.81 bits per heavy atom. The number of likely N-dealkylation sites (tertiary alicyclic amines) is 1. The SMILES string of the molecule is Cc1ccc(C(C)C)c(OC(=O)[C@@H]2CC(=O)N([C@H](C)c3ccccc3)C2)c1. The zero-order valence-corrected chi connectivity index (χ0v) is 16.4. The summed E-state index contributed by atoms with van der Waals surface area (Å²) in [6.45, 7) is 8.52. The molecule has 0 aliphatic carbocycles. The molecule has 0 aromatic heterocycles. The Morgan fingerprint density at radius 1 is 1.11 bits per heavy atom. The molecule has 27 heavy (non-hydrogen) atoms. The van der Waals surface area contributed by atoms with Gasteiger partial charge in [-0.15, -0.1) is 0 Å². The van der Waals surface area contributed by atoms with Crippen LogP contribution in [0.2, 0.25) is 0 Å². The van der Waals surface area contributed by atoms with Crippen molar-refractivity contribution in [2.75, 3.05) is 6.54 Å². The third-order valence-corrected chi connectivity index (χ3v) is 5.24. The van der Waals surface area contributed by atoms with Crippen LogP contribution in [-0.2, 0) is 9.59 Å². The number of carbonyl (C=O) groups excluding carboxylic acids is 2. The van der Waals surface area contributed by atoms with Crippen molar-refractivity contribution in [2.45, 2.75) is 46.1 Å². The number of aryl methyl sites for hydroxylation is 1. The van der Waals surface area contributed by atoms with Crippen LogP contribution in [0.15, 0.2) is 48.5 Å². The maximum absolute atomic E-state index is 12.7. The van der Waals surface area contributed by atoms with Gasteiger partial charge in [0.25, 0.3) is 0 Å². The van der Waals surface area contributed by atoms with Crippen molar-refractivity contribution < 1.29 is 14.3 Å². The van der Waals surface area contributed by atoms with Crippen molar-refractivity contribution in [3.63, 3.8) is 0 Å². The summed E-state index contributed by atoms with van der Waals surface area (Å²) in [6, 6.07) is 15.8. The Hall–Kier alpha value is -2.62. The van der Waals surface area contributed by atoms with Crippen LogP contribution in [0.5, 0.6) is 5.75 Å². The molecule has 0 unspecified atom stereocenters. The van der Waals surface area contributed by atoms with Gasteiger partial charge >= 0.3 is 5.97 Å². The van der Waals surface area contributed by atoms with Crippen molar-refractivity contribution >= 4 is 11.9 Å². The first kappa shape index (κ1) is 19.2. The van der Waals surface area contributed by atoms with Gasteiger partial charge in [-0.05, 0) is 42.5 Å². The van der Waals surface area contributed by atoms with E-state index in [1.807, 2.05) is 62.4 Å². The maximum Gasteiger partial charge on any atom is 0.316 e. The highest BCUT2D eigenvalue weighted by molar-refractivity contribution is 5.88. The Balaban J connectivity index is 1.72. The highest BCUT2D eigenvalue weighted by Crippen LogP contribution is 2.32. The number of amides is 1. The highest BCUT2D eigenvalue weighted by Gasteiger charge is 2.38. The predicted octanol–water partition coefficient (Wildman–Crippen LogP) is 4.63. The minimum atomic E-state index is -0.427. The first-order valence-electron chi connectivity index (χ1n) is 9.53. The fourth-order valence-corrected chi connectivity index (χ4v) is 3.57. The van der Waals surface area contributed by atoms with Crippen LogP contribution in [0.1, 0.15) is 55.8 Å². The normalized spacial score (nSPS) is 18.0. The Bertz CT molecular complexity index is 829. The molecule has 1 heterocycles. The molecule has 3 rings (SSSR count). The fraction of sp³-hybridized carbons (Fsp3) is 0.391. The standard InChI is InChI=1S/C23H27NO3/c1-15(2)20-11-10-16(3)12-21(20)27-23(26)19-13-22(25)24(14-19)17(4)18-8-6-5-7-9-18/h5-12,15,17,19H,13-14H2,1-4H3/t17-,19-/m1/s1. The molecular weight excluding hydrogens is 338 g/mol. The van der Waals surface area contributed by atoms with E-state index in [-0.39, 0.29) is 30.3 Å². The second-order valence-electron chi connectivity index (χ2n) is 7.65. The van der Waals surface area contributed by atoms with Gasteiger partial charge in [0.05, 0.1) is 12.0 Å². The smallest absolute Gasteiger partial charge is 0.316 e. The number of nitrogens with zero attached hydrogens (tertiary/aromatic N) is 1. The molecule has 0 spiro atoms. The molecule has 1 saturated heterocycles. The third-order valence-electron chi connectivity index (χ3n) is 5.24. The molecule has 1 fully saturated rings. The second-order valence-corrected chi connectivity index (χ2v) is 7.65. The van der Waals surface area contributed by atoms with Gasteiger partial charge in [0.15, 0.2) is 0 Å². The van der Waals surface area contributed by atoms with E-state index >= 15 is 0 Å². The van der Waals surface area contributed by atoms with E-state index in [0.717, 1.165) is 16.7 Å². The van der Waals surface area contributed by atoms with E-state index in [4.69, 9.17) is 4.74 Å². The number of ether oxygens (including phenoxy) is 1. The molecule has 0 radical (unpaired) electrons. The molecule has 2 atom stereocenters. The molecule has 1 aliphatic rings. The minimum Gasteiger partial charge on any atom is -0.426 e. The molecule has 0 N–H and O–H groups in total. The summed E-state index contributed by atoms with van der Waals surface area (Å²) in [7, 11) is 0. The van der Waals surface area contributed by atoms with Gasteiger partial charge in [-0.25, -0.2) is 0 Å². The summed E-state index contributed by atoms with van der Waals surface area (Å²) < 4.78 is 5.74. The lowest BCUT2D eigenvalue weighted by Crippen LogP contribution is -2.30. The average molecular weight is 365 g/mol. The van der Waals surface area contributed by atoms with Gasteiger partial charge in [0.1, 0.15) is 5.75 Å². The number of hydrogen-bond acceptors (Lipinski definition) is 3. The summed E-state index contributed by atoms with van der Waals surface area (Å²) >= 11 is 0. The lowest BCUT2D eigenvalue weighted by atomic mass is 10.0. The largest absolute Gasteiger partial charge is 0.426 e. The lowest BCUT2D eigenvalue weighted by Gasteiger charge is -2.25. The number of rotatable bonds is 5. The van der Waals surface area contributed by atoms with Gasteiger partial charge in [-0.3, -0.25) is 9.59 Å². The first-order valence-corrected chi connectivity index (χ1v) is 9.53. The van der Waals surface area contributed by atoms with E-state index in [9.17, 15) is 9.59 Å². The number of esters is 1. The van der Waals surface area contributed by atoms with Crippen molar-refractivity contribution in [3.8, 4) is 5.75 Å². The van der Waals surface area contributed by atoms with Crippen LogP contribution in [0.4, 0.5) is 0 Å². The molecule has 1 aliphatic heterocycles. The quantitative estimate of drug-likeness (QED) is 0.573. The summed E-state index contributed by atoms with van der Waals surface area (Å²) in [4.78, 5) is 27.0. The van der Waals surface area contributed by atoms with Gasteiger partial charge in [0, 0.05) is 13.0 Å². The zero-order chi connectivity index (χ0) is 19.6. The van der Waals surface area contributed by atoms with E-state index in [2.05, 4.69) is 13.8 Å². The van der Waals surface area contributed by atoms with Crippen molar-refractivity contribution in [2.24, 2.45) is 5.92 Å². The molecule has 2 aromatic carbocycles.